The summed E-state index contributed by atoms with van der Waals surface area (Å²) in [5.41, 5.74) is 4.12. The van der Waals surface area contributed by atoms with Crippen molar-refractivity contribution in [1.29, 1.82) is 0 Å². The standard InChI is InChI=1S/C15H22N2O/c1-4-12-5-6-14-10-17(8-7-13(14)9-12)15(18)11-16(2)3/h5-6,9H,4,7-8,10-11H2,1-3H3. The van der Waals surface area contributed by atoms with Gasteiger partial charge in [-0.2, -0.15) is 0 Å². The van der Waals surface area contributed by atoms with E-state index in [0.717, 1.165) is 25.9 Å². The Morgan fingerprint density at radius 3 is 2.78 bits per heavy atom. The molecule has 0 bridgehead atoms. The number of hydrogen-bond acceptors (Lipinski definition) is 2. The molecule has 1 heterocycles. The lowest BCUT2D eigenvalue weighted by atomic mass is 9.96. The van der Waals surface area contributed by atoms with E-state index in [4.69, 9.17) is 0 Å². The van der Waals surface area contributed by atoms with Gasteiger partial charge in [-0.05, 0) is 43.6 Å². The summed E-state index contributed by atoms with van der Waals surface area (Å²) in [6.45, 7) is 4.30. The van der Waals surface area contributed by atoms with Crippen molar-refractivity contribution in [3.8, 4) is 0 Å². The summed E-state index contributed by atoms with van der Waals surface area (Å²) >= 11 is 0. The number of carbonyl (C=O) groups is 1. The SMILES string of the molecule is CCc1ccc2c(c1)CCN(C(=O)CN(C)C)C2. The molecule has 0 saturated carbocycles. The Morgan fingerprint density at radius 1 is 1.33 bits per heavy atom. The van der Waals surface area contributed by atoms with Crippen molar-refractivity contribution in [2.24, 2.45) is 0 Å². The third-order valence-corrected chi connectivity index (χ3v) is 3.50. The molecule has 0 saturated heterocycles. The van der Waals surface area contributed by atoms with E-state index in [2.05, 4.69) is 25.1 Å². The molecular formula is C15H22N2O. The lowest BCUT2D eigenvalue weighted by Gasteiger charge is -2.30. The van der Waals surface area contributed by atoms with Gasteiger partial charge in [0.25, 0.3) is 0 Å². The minimum Gasteiger partial charge on any atom is -0.337 e. The van der Waals surface area contributed by atoms with Gasteiger partial charge in [0.2, 0.25) is 5.91 Å². The molecule has 0 unspecified atom stereocenters. The predicted octanol–water partition coefficient (Wildman–Crippen LogP) is 1.70. The molecule has 18 heavy (non-hydrogen) atoms. The van der Waals surface area contributed by atoms with E-state index in [1.807, 2.05) is 23.9 Å². The number of benzene rings is 1. The van der Waals surface area contributed by atoms with Gasteiger partial charge in [0, 0.05) is 13.1 Å². The molecule has 2 rings (SSSR count). The Balaban J connectivity index is 2.08. The molecule has 0 N–H and O–H groups in total. The van der Waals surface area contributed by atoms with Crippen LogP contribution in [-0.2, 0) is 24.2 Å². The highest BCUT2D eigenvalue weighted by Gasteiger charge is 2.20. The molecule has 1 aliphatic rings. The molecular weight excluding hydrogens is 224 g/mol. The molecule has 0 aromatic heterocycles. The number of aryl methyl sites for hydroxylation is 1. The lowest BCUT2D eigenvalue weighted by Crippen LogP contribution is -2.40. The smallest absolute Gasteiger partial charge is 0.237 e. The number of hydrogen-bond donors (Lipinski definition) is 0. The van der Waals surface area contributed by atoms with Crippen LogP contribution in [0, 0.1) is 0 Å². The van der Waals surface area contributed by atoms with Crippen molar-refractivity contribution >= 4 is 5.91 Å². The first kappa shape index (κ1) is 13.1. The molecule has 0 fully saturated rings. The molecule has 0 aliphatic carbocycles. The maximum Gasteiger partial charge on any atom is 0.237 e. The molecule has 3 nitrogen and oxygen atoms in total. The Morgan fingerprint density at radius 2 is 2.11 bits per heavy atom. The highest BCUT2D eigenvalue weighted by atomic mass is 16.2. The van der Waals surface area contributed by atoms with Gasteiger partial charge in [0.15, 0.2) is 0 Å². The van der Waals surface area contributed by atoms with Crippen LogP contribution >= 0.6 is 0 Å². The Kier molecular flexibility index (Phi) is 4.02. The number of carbonyl (C=O) groups excluding carboxylic acids is 1. The first-order valence-electron chi connectivity index (χ1n) is 6.63. The minimum absolute atomic E-state index is 0.227. The maximum atomic E-state index is 12.0. The van der Waals surface area contributed by atoms with Crippen LogP contribution in [0.2, 0.25) is 0 Å². The fourth-order valence-electron chi connectivity index (χ4n) is 2.41. The number of rotatable bonds is 3. The molecule has 1 aromatic carbocycles. The second kappa shape index (κ2) is 5.53. The van der Waals surface area contributed by atoms with Gasteiger partial charge in [-0.3, -0.25) is 4.79 Å². The maximum absolute atomic E-state index is 12.0. The van der Waals surface area contributed by atoms with Crippen molar-refractivity contribution in [2.75, 3.05) is 27.2 Å². The van der Waals surface area contributed by atoms with Gasteiger partial charge in [0.05, 0.1) is 6.54 Å². The predicted molar refractivity (Wildman–Crippen MR) is 73.5 cm³/mol. The van der Waals surface area contributed by atoms with Crippen LogP contribution in [-0.4, -0.2) is 42.9 Å². The largest absolute Gasteiger partial charge is 0.337 e. The Hall–Kier alpha value is -1.35. The van der Waals surface area contributed by atoms with Crippen LogP contribution in [0.1, 0.15) is 23.6 Å². The van der Waals surface area contributed by atoms with E-state index >= 15 is 0 Å². The third kappa shape index (κ3) is 2.91. The van der Waals surface area contributed by atoms with Crippen molar-refractivity contribution in [3.63, 3.8) is 0 Å². The van der Waals surface area contributed by atoms with E-state index in [0.29, 0.717) is 6.54 Å². The summed E-state index contributed by atoms with van der Waals surface area (Å²) in [5.74, 6) is 0.227. The molecule has 1 aliphatic heterocycles. The summed E-state index contributed by atoms with van der Waals surface area (Å²) in [4.78, 5) is 15.9. The zero-order chi connectivity index (χ0) is 13.1. The molecule has 0 radical (unpaired) electrons. The third-order valence-electron chi connectivity index (χ3n) is 3.50. The first-order chi connectivity index (χ1) is 8.60. The Labute approximate surface area is 109 Å². The molecule has 98 valence electrons. The highest BCUT2D eigenvalue weighted by Crippen LogP contribution is 2.20. The summed E-state index contributed by atoms with van der Waals surface area (Å²) in [6.07, 6.45) is 2.07. The zero-order valence-electron chi connectivity index (χ0n) is 11.6. The molecule has 0 atom stereocenters. The number of fused-ring (bicyclic) bond motifs is 1. The fourth-order valence-corrected chi connectivity index (χ4v) is 2.41. The monoisotopic (exact) mass is 246 g/mol. The first-order valence-corrected chi connectivity index (χ1v) is 6.63. The number of likely N-dealkylation sites (N-methyl/N-ethyl adjacent to an activating group) is 1. The Bertz CT molecular complexity index is 440. The van der Waals surface area contributed by atoms with E-state index in [1.54, 1.807) is 0 Å². The van der Waals surface area contributed by atoms with Crippen LogP contribution in [0.3, 0.4) is 0 Å². The second-order valence-electron chi connectivity index (χ2n) is 5.26. The van der Waals surface area contributed by atoms with E-state index in [1.165, 1.54) is 16.7 Å². The molecule has 1 amide bonds. The van der Waals surface area contributed by atoms with Gasteiger partial charge in [-0.25, -0.2) is 0 Å². The minimum atomic E-state index is 0.227. The quantitative estimate of drug-likeness (QED) is 0.810. The van der Waals surface area contributed by atoms with Gasteiger partial charge in [-0.15, -0.1) is 0 Å². The van der Waals surface area contributed by atoms with E-state index < -0.39 is 0 Å². The summed E-state index contributed by atoms with van der Waals surface area (Å²) < 4.78 is 0. The number of nitrogens with zero attached hydrogens (tertiary/aromatic N) is 2. The zero-order valence-corrected chi connectivity index (χ0v) is 11.6. The average Bonchev–Trinajstić information content (AvgIpc) is 2.36. The van der Waals surface area contributed by atoms with Crippen LogP contribution in [0.4, 0.5) is 0 Å². The van der Waals surface area contributed by atoms with Gasteiger partial charge in [0.1, 0.15) is 0 Å². The van der Waals surface area contributed by atoms with E-state index in [9.17, 15) is 4.79 Å². The molecule has 1 aromatic rings. The second-order valence-corrected chi connectivity index (χ2v) is 5.26. The van der Waals surface area contributed by atoms with Gasteiger partial charge in [-0.1, -0.05) is 25.1 Å². The van der Waals surface area contributed by atoms with Crippen molar-refractivity contribution in [3.05, 3.63) is 34.9 Å². The fraction of sp³-hybridized carbons (Fsp3) is 0.533. The van der Waals surface area contributed by atoms with E-state index in [-0.39, 0.29) is 5.91 Å². The molecule has 3 heteroatoms. The van der Waals surface area contributed by atoms with Gasteiger partial charge >= 0.3 is 0 Å². The topological polar surface area (TPSA) is 23.6 Å². The lowest BCUT2D eigenvalue weighted by molar-refractivity contribution is -0.132. The molecule has 0 spiro atoms. The highest BCUT2D eigenvalue weighted by molar-refractivity contribution is 5.78. The van der Waals surface area contributed by atoms with Crippen molar-refractivity contribution in [1.82, 2.24) is 9.80 Å². The van der Waals surface area contributed by atoms with Crippen LogP contribution < -0.4 is 0 Å². The summed E-state index contributed by atoms with van der Waals surface area (Å²) in [5, 5.41) is 0. The van der Waals surface area contributed by atoms with Crippen LogP contribution in [0.15, 0.2) is 18.2 Å². The average molecular weight is 246 g/mol. The van der Waals surface area contributed by atoms with Crippen LogP contribution in [0.25, 0.3) is 0 Å². The normalized spacial score (nSPS) is 14.8. The number of amides is 1. The summed E-state index contributed by atoms with van der Waals surface area (Å²) in [6, 6.07) is 6.66. The van der Waals surface area contributed by atoms with Crippen molar-refractivity contribution in [2.45, 2.75) is 26.3 Å². The summed E-state index contributed by atoms with van der Waals surface area (Å²) in [7, 11) is 3.87. The van der Waals surface area contributed by atoms with Gasteiger partial charge < -0.3 is 9.80 Å². The van der Waals surface area contributed by atoms with Crippen molar-refractivity contribution < 1.29 is 4.79 Å². The van der Waals surface area contributed by atoms with Crippen LogP contribution in [0.5, 0.6) is 0 Å².